The van der Waals surface area contributed by atoms with Gasteiger partial charge in [-0.15, -0.1) is 0 Å². The molecule has 0 aliphatic rings. The van der Waals surface area contributed by atoms with Gasteiger partial charge in [-0.05, 0) is 37.0 Å². The van der Waals surface area contributed by atoms with E-state index in [0.717, 1.165) is 13.0 Å². The van der Waals surface area contributed by atoms with Gasteiger partial charge in [0.2, 0.25) is 0 Å². The second kappa shape index (κ2) is 6.53. The first kappa shape index (κ1) is 16.2. The quantitative estimate of drug-likeness (QED) is 0.645. The van der Waals surface area contributed by atoms with Crippen molar-refractivity contribution in [3.8, 4) is 0 Å². The van der Waals surface area contributed by atoms with Crippen LogP contribution in [0.3, 0.4) is 0 Å². The predicted octanol–water partition coefficient (Wildman–Crippen LogP) is 5.50. The van der Waals surface area contributed by atoms with Crippen LogP contribution in [0.2, 0.25) is 18.1 Å². The molecule has 0 saturated heterocycles. The fourth-order valence-electron chi connectivity index (χ4n) is 1.59. The monoisotopic (exact) mass is 276 g/mol. The van der Waals surface area contributed by atoms with E-state index in [0.29, 0.717) is 5.04 Å². The van der Waals surface area contributed by atoms with Crippen LogP contribution in [0.4, 0.5) is 0 Å². The summed E-state index contributed by atoms with van der Waals surface area (Å²) in [5, 5.41) is 0.296. The Bertz CT molecular complexity index is 413. The highest BCUT2D eigenvalue weighted by Gasteiger charge is 2.36. The molecule has 0 aromatic heterocycles. The van der Waals surface area contributed by atoms with Crippen molar-refractivity contribution in [2.75, 3.05) is 6.61 Å². The van der Waals surface area contributed by atoms with Crippen molar-refractivity contribution in [3.05, 3.63) is 41.5 Å². The second-order valence-electron chi connectivity index (χ2n) is 6.76. The van der Waals surface area contributed by atoms with Gasteiger partial charge in [0.25, 0.3) is 0 Å². The smallest absolute Gasteiger partial charge is 0.191 e. The molecule has 1 aromatic rings. The van der Waals surface area contributed by atoms with Crippen LogP contribution in [-0.4, -0.2) is 14.9 Å². The zero-order chi connectivity index (χ0) is 14.5. The molecule has 0 N–H and O–H groups in total. The Balaban J connectivity index is 2.48. The molecule has 106 valence electrons. The van der Waals surface area contributed by atoms with E-state index in [9.17, 15) is 0 Å². The molecular formula is C17H28OSi. The van der Waals surface area contributed by atoms with Crippen LogP contribution in [0.1, 0.15) is 39.7 Å². The summed E-state index contributed by atoms with van der Waals surface area (Å²) in [4.78, 5) is 0. The molecule has 1 nitrogen and oxygen atoms in total. The lowest BCUT2D eigenvalue weighted by atomic mass is 10.1. The largest absolute Gasteiger partial charge is 0.417 e. The van der Waals surface area contributed by atoms with Crippen LogP contribution in [0.5, 0.6) is 0 Å². The molecule has 0 fully saturated rings. The molecule has 2 heteroatoms. The normalized spacial score (nSPS) is 13.7. The van der Waals surface area contributed by atoms with Crippen LogP contribution in [-0.2, 0) is 4.43 Å². The van der Waals surface area contributed by atoms with Gasteiger partial charge in [-0.2, -0.15) is 0 Å². The first-order valence-corrected chi connectivity index (χ1v) is 9.99. The summed E-state index contributed by atoms with van der Waals surface area (Å²) in [6.07, 6.45) is 3.26. The summed E-state index contributed by atoms with van der Waals surface area (Å²) >= 11 is 0. The number of hydrogen-bond donors (Lipinski definition) is 0. The first-order valence-electron chi connectivity index (χ1n) is 7.08. The minimum absolute atomic E-state index is 0.296. The minimum Gasteiger partial charge on any atom is -0.417 e. The average Bonchev–Trinajstić information content (AvgIpc) is 2.28. The van der Waals surface area contributed by atoms with E-state index in [-0.39, 0.29) is 0 Å². The van der Waals surface area contributed by atoms with Crippen molar-refractivity contribution in [3.63, 3.8) is 0 Å². The van der Waals surface area contributed by atoms with Gasteiger partial charge < -0.3 is 4.43 Å². The van der Waals surface area contributed by atoms with Crippen molar-refractivity contribution < 1.29 is 4.43 Å². The third-order valence-electron chi connectivity index (χ3n) is 3.98. The number of hydrogen-bond acceptors (Lipinski definition) is 1. The Morgan fingerprint density at radius 3 is 2.26 bits per heavy atom. The topological polar surface area (TPSA) is 9.23 Å². The summed E-state index contributed by atoms with van der Waals surface area (Å²) in [5.41, 5.74) is 2.65. The molecule has 0 radical (unpaired) electrons. The molecule has 1 rings (SSSR count). The standard InChI is InChI=1S/C17H28OSi/c1-15(14-16-10-8-7-9-11-16)12-13-18-19(5,6)17(2,3)4/h7-11,14H,12-13H2,1-6H3/b15-14+. The summed E-state index contributed by atoms with van der Waals surface area (Å²) in [6.45, 7) is 14.5. The van der Waals surface area contributed by atoms with Gasteiger partial charge in [-0.3, -0.25) is 0 Å². The van der Waals surface area contributed by atoms with Gasteiger partial charge >= 0.3 is 0 Å². The third-order valence-corrected chi connectivity index (χ3v) is 8.52. The molecule has 0 heterocycles. The molecule has 0 spiro atoms. The van der Waals surface area contributed by atoms with E-state index in [4.69, 9.17) is 4.43 Å². The number of rotatable bonds is 5. The Morgan fingerprint density at radius 2 is 1.74 bits per heavy atom. The fourth-order valence-corrected chi connectivity index (χ4v) is 2.64. The lowest BCUT2D eigenvalue weighted by Gasteiger charge is -2.36. The van der Waals surface area contributed by atoms with E-state index in [2.05, 4.69) is 71.1 Å². The summed E-state index contributed by atoms with van der Waals surface area (Å²) < 4.78 is 6.20. The van der Waals surface area contributed by atoms with Crippen LogP contribution >= 0.6 is 0 Å². The molecule has 1 aromatic carbocycles. The average molecular weight is 276 g/mol. The van der Waals surface area contributed by atoms with E-state index in [1.54, 1.807) is 0 Å². The Kier molecular flexibility index (Phi) is 5.57. The lowest BCUT2D eigenvalue weighted by molar-refractivity contribution is 0.292. The summed E-state index contributed by atoms with van der Waals surface area (Å²) in [7, 11) is -1.59. The molecule has 0 aliphatic carbocycles. The van der Waals surface area contributed by atoms with Gasteiger partial charge in [-0.25, -0.2) is 0 Å². The lowest BCUT2D eigenvalue weighted by Crippen LogP contribution is -2.40. The van der Waals surface area contributed by atoms with Crippen LogP contribution in [0.15, 0.2) is 35.9 Å². The second-order valence-corrected chi connectivity index (χ2v) is 11.6. The molecule has 0 saturated carbocycles. The van der Waals surface area contributed by atoms with Gasteiger partial charge in [0.15, 0.2) is 8.32 Å². The fraction of sp³-hybridized carbons (Fsp3) is 0.529. The van der Waals surface area contributed by atoms with Gasteiger partial charge in [0, 0.05) is 6.61 Å². The van der Waals surface area contributed by atoms with Crippen molar-refractivity contribution in [1.29, 1.82) is 0 Å². The zero-order valence-electron chi connectivity index (χ0n) is 13.3. The highest BCUT2D eigenvalue weighted by molar-refractivity contribution is 6.74. The van der Waals surface area contributed by atoms with Crippen molar-refractivity contribution in [2.45, 2.75) is 52.2 Å². The van der Waals surface area contributed by atoms with Gasteiger partial charge in [-0.1, -0.05) is 62.8 Å². The number of benzene rings is 1. The van der Waals surface area contributed by atoms with Crippen LogP contribution < -0.4 is 0 Å². The molecule has 19 heavy (non-hydrogen) atoms. The molecule has 0 unspecified atom stereocenters. The molecule has 0 atom stereocenters. The maximum Gasteiger partial charge on any atom is 0.191 e. The highest BCUT2D eigenvalue weighted by atomic mass is 28.4. The molecular weight excluding hydrogens is 248 g/mol. The van der Waals surface area contributed by atoms with E-state index in [1.807, 2.05) is 6.07 Å². The third kappa shape index (κ3) is 5.33. The maximum absolute atomic E-state index is 6.20. The molecule has 0 bridgehead atoms. The summed E-state index contributed by atoms with van der Waals surface area (Å²) in [5.74, 6) is 0. The van der Waals surface area contributed by atoms with Gasteiger partial charge in [0.1, 0.15) is 0 Å². The Morgan fingerprint density at radius 1 is 1.16 bits per heavy atom. The first-order chi connectivity index (χ1) is 8.72. The van der Waals surface area contributed by atoms with Crippen molar-refractivity contribution in [1.82, 2.24) is 0 Å². The zero-order valence-corrected chi connectivity index (χ0v) is 14.3. The van der Waals surface area contributed by atoms with Crippen molar-refractivity contribution in [2.24, 2.45) is 0 Å². The van der Waals surface area contributed by atoms with E-state index >= 15 is 0 Å². The van der Waals surface area contributed by atoms with E-state index < -0.39 is 8.32 Å². The van der Waals surface area contributed by atoms with Gasteiger partial charge in [0.05, 0.1) is 0 Å². The maximum atomic E-state index is 6.20. The SMILES string of the molecule is C/C(=C\c1ccccc1)CCO[Si](C)(C)C(C)(C)C. The predicted molar refractivity (Wildman–Crippen MR) is 87.9 cm³/mol. The molecule has 0 aliphatic heterocycles. The van der Waals surface area contributed by atoms with Crippen molar-refractivity contribution >= 4 is 14.4 Å². The van der Waals surface area contributed by atoms with E-state index in [1.165, 1.54) is 11.1 Å². The summed E-state index contributed by atoms with van der Waals surface area (Å²) in [6, 6.07) is 10.5. The minimum atomic E-state index is -1.59. The highest BCUT2D eigenvalue weighted by Crippen LogP contribution is 2.36. The Labute approximate surface area is 119 Å². The van der Waals surface area contributed by atoms with Crippen LogP contribution in [0, 0.1) is 0 Å². The van der Waals surface area contributed by atoms with Crippen LogP contribution in [0.25, 0.3) is 6.08 Å². The Hall–Kier alpha value is -0.863. The molecule has 0 amide bonds.